The van der Waals surface area contributed by atoms with Gasteiger partial charge in [0.1, 0.15) is 0 Å². The Kier molecular flexibility index (Phi) is 6.74. The highest BCUT2D eigenvalue weighted by atomic mass is 16.1. The fourth-order valence-corrected chi connectivity index (χ4v) is 3.59. The van der Waals surface area contributed by atoms with Gasteiger partial charge in [0.25, 0.3) is 5.91 Å². The molecule has 0 atom stereocenters. The molecule has 0 bridgehead atoms. The number of aryl methyl sites for hydroxylation is 2. The number of benzene rings is 1. The smallest absolute Gasteiger partial charge is 0.251 e. The topological polar surface area (TPSA) is 61.4 Å². The van der Waals surface area contributed by atoms with Crippen LogP contribution in [-0.2, 0) is 12.8 Å². The Hall–Kier alpha value is -2.05. The second-order valence-corrected chi connectivity index (χ2v) is 7.06. The summed E-state index contributed by atoms with van der Waals surface area (Å²) in [5.74, 6) is -0.0384. The van der Waals surface area contributed by atoms with Crippen LogP contribution in [0.4, 0.5) is 0 Å². The quantitative estimate of drug-likeness (QED) is 0.810. The van der Waals surface area contributed by atoms with E-state index in [4.69, 9.17) is 9.97 Å². The average Bonchev–Trinajstić information content (AvgIpc) is 2.72. The number of piperazine rings is 1. The summed E-state index contributed by atoms with van der Waals surface area (Å²) in [5.41, 5.74) is 4.37. The van der Waals surface area contributed by atoms with Crippen LogP contribution in [-0.4, -0.2) is 71.5 Å². The number of hydrogen-bond acceptors (Lipinski definition) is 5. The molecule has 2 aromatic rings. The first-order valence-electron chi connectivity index (χ1n) is 10.2. The molecule has 0 saturated carbocycles. The van der Waals surface area contributed by atoms with Crippen molar-refractivity contribution < 1.29 is 4.79 Å². The lowest BCUT2D eigenvalue weighted by molar-refractivity contribution is 0.0938. The third kappa shape index (κ3) is 4.82. The maximum atomic E-state index is 12.5. The molecule has 1 aromatic carbocycles. The average molecular weight is 370 g/mol. The first kappa shape index (κ1) is 19.7. The number of carbonyl (C=O) groups is 1. The van der Waals surface area contributed by atoms with Gasteiger partial charge in [-0.2, -0.15) is 0 Å². The van der Waals surface area contributed by atoms with Gasteiger partial charge in [-0.15, -0.1) is 0 Å². The lowest BCUT2D eigenvalue weighted by Gasteiger charge is -2.33. The molecule has 1 N–H and O–H groups in total. The van der Waals surface area contributed by atoms with E-state index in [0.29, 0.717) is 12.1 Å². The lowest BCUT2D eigenvalue weighted by atomic mass is 10.1. The van der Waals surface area contributed by atoms with Crippen LogP contribution in [0.5, 0.6) is 0 Å². The molecule has 2 heterocycles. The van der Waals surface area contributed by atoms with Crippen molar-refractivity contribution in [2.45, 2.75) is 33.6 Å². The molecule has 146 valence electrons. The van der Waals surface area contributed by atoms with Crippen LogP contribution in [0.3, 0.4) is 0 Å². The number of likely N-dealkylation sites (N-methyl/N-ethyl adjacent to an activating group) is 1. The number of fused-ring (bicyclic) bond motifs is 1. The van der Waals surface area contributed by atoms with Gasteiger partial charge in [0.05, 0.1) is 22.4 Å². The molecule has 0 aliphatic carbocycles. The van der Waals surface area contributed by atoms with E-state index >= 15 is 0 Å². The zero-order valence-electron chi connectivity index (χ0n) is 16.8. The minimum absolute atomic E-state index is 0.0384. The Morgan fingerprint density at radius 2 is 1.59 bits per heavy atom. The summed E-state index contributed by atoms with van der Waals surface area (Å²) >= 11 is 0. The van der Waals surface area contributed by atoms with E-state index in [0.717, 1.165) is 74.5 Å². The molecule has 1 amide bonds. The van der Waals surface area contributed by atoms with Gasteiger partial charge in [0.2, 0.25) is 0 Å². The molecule has 1 aliphatic heterocycles. The summed E-state index contributed by atoms with van der Waals surface area (Å²) in [6.07, 6.45) is 1.73. The van der Waals surface area contributed by atoms with Crippen LogP contribution in [0.1, 0.15) is 42.5 Å². The minimum Gasteiger partial charge on any atom is -0.351 e. The van der Waals surface area contributed by atoms with Gasteiger partial charge in [-0.1, -0.05) is 20.8 Å². The van der Waals surface area contributed by atoms with Crippen molar-refractivity contribution in [3.8, 4) is 0 Å². The Morgan fingerprint density at radius 3 is 2.22 bits per heavy atom. The van der Waals surface area contributed by atoms with Crippen molar-refractivity contribution in [3.63, 3.8) is 0 Å². The van der Waals surface area contributed by atoms with Gasteiger partial charge in [-0.3, -0.25) is 9.69 Å². The minimum atomic E-state index is -0.0384. The van der Waals surface area contributed by atoms with Crippen LogP contribution in [0, 0.1) is 0 Å². The molecule has 0 radical (unpaired) electrons. The van der Waals surface area contributed by atoms with Gasteiger partial charge in [0.15, 0.2) is 0 Å². The van der Waals surface area contributed by atoms with E-state index in [1.54, 1.807) is 0 Å². The SMILES string of the molecule is CCc1nc2ccc(C(=O)NCCN3CCN(CC)CC3)cc2nc1CC. The number of nitrogens with one attached hydrogen (secondary N) is 1. The molecule has 1 aliphatic rings. The largest absolute Gasteiger partial charge is 0.351 e. The summed E-state index contributed by atoms with van der Waals surface area (Å²) in [6.45, 7) is 13.5. The monoisotopic (exact) mass is 369 g/mol. The lowest BCUT2D eigenvalue weighted by Crippen LogP contribution is -2.48. The summed E-state index contributed by atoms with van der Waals surface area (Å²) in [6, 6.07) is 5.60. The van der Waals surface area contributed by atoms with Crippen LogP contribution < -0.4 is 5.32 Å². The highest BCUT2D eigenvalue weighted by Crippen LogP contribution is 2.16. The van der Waals surface area contributed by atoms with Crippen molar-refractivity contribution in [2.24, 2.45) is 0 Å². The van der Waals surface area contributed by atoms with Gasteiger partial charge in [-0.25, -0.2) is 9.97 Å². The number of nitrogens with zero attached hydrogens (tertiary/aromatic N) is 4. The molecular weight excluding hydrogens is 338 g/mol. The molecule has 6 heteroatoms. The van der Waals surface area contributed by atoms with Crippen LogP contribution >= 0.6 is 0 Å². The van der Waals surface area contributed by atoms with Gasteiger partial charge in [0, 0.05) is 44.8 Å². The highest BCUT2D eigenvalue weighted by molar-refractivity contribution is 5.97. The number of aromatic nitrogens is 2. The molecule has 1 aromatic heterocycles. The standard InChI is InChI=1S/C21H31N5O/c1-4-17-18(5-2)24-20-15-16(7-8-19(20)23-17)21(27)22-9-10-26-13-11-25(6-3)12-14-26/h7-8,15H,4-6,9-14H2,1-3H3,(H,22,27). The first-order valence-corrected chi connectivity index (χ1v) is 10.2. The van der Waals surface area contributed by atoms with Crippen LogP contribution in [0.15, 0.2) is 18.2 Å². The van der Waals surface area contributed by atoms with Crippen molar-refractivity contribution >= 4 is 16.9 Å². The summed E-state index contributed by atoms with van der Waals surface area (Å²) < 4.78 is 0. The maximum Gasteiger partial charge on any atom is 0.251 e. The second-order valence-electron chi connectivity index (χ2n) is 7.06. The fraction of sp³-hybridized carbons (Fsp3) is 0.571. The van der Waals surface area contributed by atoms with Gasteiger partial charge >= 0.3 is 0 Å². The van der Waals surface area contributed by atoms with E-state index in [1.165, 1.54) is 0 Å². The van der Waals surface area contributed by atoms with Crippen molar-refractivity contribution in [1.29, 1.82) is 0 Å². The number of rotatable bonds is 7. The molecule has 6 nitrogen and oxygen atoms in total. The van der Waals surface area contributed by atoms with Crippen LogP contribution in [0.25, 0.3) is 11.0 Å². The predicted octanol–water partition coefficient (Wildman–Crippen LogP) is 2.12. The van der Waals surface area contributed by atoms with E-state index in [-0.39, 0.29) is 5.91 Å². The third-order valence-electron chi connectivity index (χ3n) is 5.38. The Morgan fingerprint density at radius 1 is 0.963 bits per heavy atom. The third-order valence-corrected chi connectivity index (χ3v) is 5.38. The summed E-state index contributed by atoms with van der Waals surface area (Å²) in [5, 5.41) is 3.04. The van der Waals surface area contributed by atoms with Crippen molar-refractivity contribution in [1.82, 2.24) is 25.1 Å². The Bertz CT molecular complexity index is 783. The number of carbonyl (C=O) groups excluding carboxylic acids is 1. The van der Waals surface area contributed by atoms with Gasteiger partial charge in [-0.05, 0) is 37.6 Å². The van der Waals surface area contributed by atoms with E-state index in [9.17, 15) is 4.79 Å². The van der Waals surface area contributed by atoms with Gasteiger partial charge < -0.3 is 10.2 Å². The molecule has 0 spiro atoms. The Labute approximate surface area is 162 Å². The first-order chi connectivity index (χ1) is 13.1. The maximum absolute atomic E-state index is 12.5. The van der Waals surface area contributed by atoms with E-state index < -0.39 is 0 Å². The second kappa shape index (κ2) is 9.24. The number of amides is 1. The van der Waals surface area contributed by atoms with E-state index in [2.05, 4.69) is 35.9 Å². The molecule has 27 heavy (non-hydrogen) atoms. The fourth-order valence-electron chi connectivity index (χ4n) is 3.59. The molecular formula is C21H31N5O. The number of hydrogen-bond donors (Lipinski definition) is 1. The van der Waals surface area contributed by atoms with E-state index in [1.807, 2.05) is 18.2 Å². The molecule has 1 fully saturated rings. The molecule has 0 unspecified atom stereocenters. The molecule has 1 saturated heterocycles. The van der Waals surface area contributed by atoms with Crippen LogP contribution in [0.2, 0.25) is 0 Å². The predicted molar refractivity (Wildman–Crippen MR) is 109 cm³/mol. The highest BCUT2D eigenvalue weighted by Gasteiger charge is 2.15. The van der Waals surface area contributed by atoms with Crippen molar-refractivity contribution in [3.05, 3.63) is 35.2 Å². The summed E-state index contributed by atoms with van der Waals surface area (Å²) in [7, 11) is 0. The molecule has 3 rings (SSSR count). The summed E-state index contributed by atoms with van der Waals surface area (Å²) in [4.78, 5) is 26.8. The van der Waals surface area contributed by atoms with Crippen molar-refractivity contribution in [2.75, 3.05) is 45.8 Å². The normalized spacial score (nSPS) is 16.0. The zero-order chi connectivity index (χ0) is 19.2. The zero-order valence-corrected chi connectivity index (χ0v) is 16.8. The Balaban J connectivity index is 1.59.